The van der Waals surface area contributed by atoms with E-state index in [1.807, 2.05) is 0 Å². The second-order valence-corrected chi connectivity index (χ2v) is 10.3. The molecule has 1 heterocycles. The molecule has 6 nitrogen and oxygen atoms in total. The molecular weight excluding hydrogens is 480 g/mol. The summed E-state index contributed by atoms with van der Waals surface area (Å²) in [5.41, 5.74) is -1.70. The molecule has 2 aliphatic rings. The summed E-state index contributed by atoms with van der Waals surface area (Å²) in [6.45, 7) is 2.68. The molecule has 0 unspecified atom stereocenters. The molecular formula is C29H37F2NO5. The van der Waals surface area contributed by atoms with Crippen LogP contribution in [0.5, 0.6) is 0 Å². The molecule has 37 heavy (non-hydrogen) atoms. The number of aliphatic hydroxyl groups is 2. The molecule has 4 rings (SSSR count). The van der Waals surface area contributed by atoms with Crippen LogP contribution in [0, 0.1) is 18.6 Å². The Morgan fingerprint density at radius 3 is 2.65 bits per heavy atom. The Hall–Kier alpha value is -2.39. The fourth-order valence-electron chi connectivity index (χ4n) is 5.68. The van der Waals surface area contributed by atoms with Crippen molar-refractivity contribution in [2.24, 2.45) is 0 Å². The number of morpholine rings is 1. The number of amides is 1. The summed E-state index contributed by atoms with van der Waals surface area (Å²) in [4.78, 5) is 14.8. The van der Waals surface area contributed by atoms with Gasteiger partial charge in [-0.3, -0.25) is 4.79 Å². The maximum atomic E-state index is 15.4. The van der Waals surface area contributed by atoms with Gasteiger partial charge in [0.15, 0.2) is 0 Å². The van der Waals surface area contributed by atoms with Crippen LogP contribution in [0.3, 0.4) is 0 Å². The van der Waals surface area contributed by atoms with E-state index in [0.29, 0.717) is 55.5 Å². The van der Waals surface area contributed by atoms with Gasteiger partial charge in [-0.25, -0.2) is 8.78 Å². The van der Waals surface area contributed by atoms with E-state index in [1.54, 1.807) is 31.1 Å². The predicted molar refractivity (Wildman–Crippen MR) is 136 cm³/mol. The summed E-state index contributed by atoms with van der Waals surface area (Å²) in [5, 5.41) is 23.2. The van der Waals surface area contributed by atoms with Crippen molar-refractivity contribution in [2.45, 2.75) is 69.2 Å². The van der Waals surface area contributed by atoms with E-state index in [1.165, 1.54) is 24.3 Å². The van der Waals surface area contributed by atoms with Gasteiger partial charge in [0.2, 0.25) is 0 Å². The standard InChI is InChI=1S/C29H37F2NO5/c1-20-18-21(10-11-23(20)30)26-22(8-7-9-24(26)31)29(35,14-5-6-16-36-2)25-19-32(15-17-37-25)27(33)28(34)12-3-4-13-28/h7-11,18,25,34-35H,3-6,12-17,19H2,1-2H3/t25-,29-/m1/s1. The minimum atomic E-state index is -1.65. The van der Waals surface area contributed by atoms with Crippen LogP contribution in [0.15, 0.2) is 36.4 Å². The highest BCUT2D eigenvalue weighted by molar-refractivity contribution is 5.85. The van der Waals surface area contributed by atoms with E-state index in [9.17, 15) is 19.4 Å². The minimum absolute atomic E-state index is 0.0698. The monoisotopic (exact) mass is 517 g/mol. The number of carbonyl (C=O) groups is 1. The predicted octanol–water partition coefficient (Wildman–Crippen LogP) is 4.48. The number of halogens is 2. The van der Waals surface area contributed by atoms with Crippen LogP contribution in [-0.4, -0.2) is 66.1 Å². The number of benzene rings is 2. The molecule has 2 aromatic carbocycles. The molecule has 0 bridgehead atoms. The Labute approximate surface area is 217 Å². The lowest BCUT2D eigenvalue weighted by Crippen LogP contribution is -2.58. The number of ether oxygens (including phenoxy) is 2. The zero-order valence-corrected chi connectivity index (χ0v) is 21.6. The molecule has 0 spiro atoms. The SMILES string of the molecule is COCCCC[C@@](O)(c1cccc(F)c1-c1ccc(F)c(C)c1)[C@H]1CN(C(=O)C2(O)CCCC2)CCO1. The maximum Gasteiger partial charge on any atom is 0.254 e. The third-order valence-corrected chi connectivity index (χ3v) is 7.80. The van der Waals surface area contributed by atoms with Crippen molar-refractivity contribution in [3.05, 3.63) is 59.2 Å². The van der Waals surface area contributed by atoms with Gasteiger partial charge in [0.05, 0.1) is 13.2 Å². The zero-order chi connectivity index (χ0) is 26.6. The number of unbranched alkanes of at least 4 members (excludes halogenated alkanes) is 1. The second kappa shape index (κ2) is 11.6. The third kappa shape index (κ3) is 5.72. The molecule has 202 valence electrons. The Morgan fingerprint density at radius 1 is 1.19 bits per heavy atom. The van der Waals surface area contributed by atoms with E-state index in [0.717, 1.165) is 12.8 Å². The van der Waals surface area contributed by atoms with Crippen molar-refractivity contribution in [2.75, 3.05) is 33.4 Å². The largest absolute Gasteiger partial charge is 0.385 e. The van der Waals surface area contributed by atoms with E-state index in [2.05, 4.69) is 0 Å². The first-order valence-corrected chi connectivity index (χ1v) is 13.1. The number of carbonyl (C=O) groups excluding carboxylic acids is 1. The van der Waals surface area contributed by atoms with Gasteiger partial charge in [-0.15, -0.1) is 0 Å². The summed E-state index contributed by atoms with van der Waals surface area (Å²) in [6, 6.07) is 8.88. The van der Waals surface area contributed by atoms with Crippen LogP contribution >= 0.6 is 0 Å². The van der Waals surface area contributed by atoms with Gasteiger partial charge < -0.3 is 24.6 Å². The van der Waals surface area contributed by atoms with Gasteiger partial charge in [-0.2, -0.15) is 0 Å². The number of methoxy groups -OCH3 is 1. The fraction of sp³-hybridized carbons (Fsp3) is 0.552. The lowest BCUT2D eigenvalue weighted by atomic mass is 9.78. The second-order valence-electron chi connectivity index (χ2n) is 10.3. The normalized spacial score (nSPS) is 21.1. The molecule has 2 atom stereocenters. The summed E-state index contributed by atoms with van der Waals surface area (Å²) in [6.07, 6.45) is 3.07. The van der Waals surface area contributed by atoms with Crippen LogP contribution in [0.1, 0.15) is 56.1 Å². The van der Waals surface area contributed by atoms with Gasteiger partial charge in [0, 0.05) is 25.8 Å². The van der Waals surface area contributed by atoms with Crippen molar-refractivity contribution in [3.8, 4) is 11.1 Å². The first-order valence-electron chi connectivity index (χ1n) is 13.1. The Bertz CT molecular complexity index is 1100. The van der Waals surface area contributed by atoms with Gasteiger partial charge in [0.25, 0.3) is 5.91 Å². The molecule has 1 aliphatic carbocycles. The molecule has 2 fully saturated rings. The van der Waals surface area contributed by atoms with E-state index >= 15 is 4.39 Å². The van der Waals surface area contributed by atoms with Crippen molar-refractivity contribution >= 4 is 5.91 Å². The van der Waals surface area contributed by atoms with Crippen LogP contribution in [-0.2, 0) is 19.9 Å². The van der Waals surface area contributed by atoms with Crippen molar-refractivity contribution in [1.29, 1.82) is 0 Å². The highest BCUT2D eigenvalue weighted by atomic mass is 19.1. The van der Waals surface area contributed by atoms with E-state index < -0.39 is 28.9 Å². The first kappa shape index (κ1) is 27.6. The molecule has 2 N–H and O–H groups in total. The highest BCUT2D eigenvalue weighted by Crippen LogP contribution is 2.42. The molecule has 0 aromatic heterocycles. The molecule has 1 saturated heterocycles. The van der Waals surface area contributed by atoms with Crippen molar-refractivity contribution in [3.63, 3.8) is 0 Å². The maximum absolute atomic E-state index is 15.4. The first-order chi connectivity index (χ1) is 17.7. The lowest BCUT2D eigenvalue weighted by Gasteiger charge is -2.44. The Kier molecular flexibility index (Phi) is 8.63. The number of aryl methyl sites for hydroxylation is 1. The fourth-order valence-corrected chi connectivity index (χ4v) is 5.68. The Morgan fingerprint density at radius 2 is 1.95 bits per heavy atom. The van der Waals surface area contributed by atoms with E-state index in [4.69, 9.17) is 9.47 Å². The van der Waals surface area contributed by atoms with Crippen LogP contribution in [0.4, 0.5) is 8.78 Å². The molecule has 1 saturated carbocycles. The summed E-state index contributed by atoms with van der Waals surface area (Å²) in [7, 11) is 1.61. The average Bonchev–Trinajstić information content (AvgIpc) is 3.35. The number of rotatable bonds is 9. The van der Waals surface area contributed by atoms with Gasteiger partial charge >= 0.3 is 0 Å². The van der Waals surface area contributed by atoms with Gasteiger partial charge in [-0.1, -0.05) is 18.2 Å². The topological polar surface area (TPSA) is 79.2 Å². The van der Waals surface area contributed by atoms with Gasteiger partial charge in [0.1, 0.15) is 28.9 Å². The van der Waals surface area contributed by atoms with Crippen LogP contribution < -0.4 is 0 Å². The quantitative estimate of drug-likeness (QED) is 0.480. The number of nitrogens with zero attached hydrogens (tertiary/aromatic N) is 1. The van der Waals surface area contributed by atoms with Crippen LogP contribution in [0.25, 0.3) is 11.1 Å². The summed E-state index contributed by atoms with van der Waals surface area (Å²) < 4.78 is 40.7. The van der Waals surface area contributed by atoms with Crippen LogP contribution in [0.2, 0.25) is 0 Å². The number of hydrogen-bond acceptors (Lipinski definition) is 5. The average molecular weight is 518 g/mol. The van der Waals surface area contributed by atoms with E-state index in [-0.39, 0.29) is 31.0 Å². The van der Waals surface area contributed by atoms with Crippen molar-refractivity contribution in [1.82, 2.24) is 4.90 Å². The lowest BCUT2D eigenvalue weighted by molar-refractivity contribution is -0.176. The third-order valence-electron chi connectivity index (χ3n) is 7.80. The summed E-state index contributed by atoms with van der Waals surface area (Å²) >= 11 is 0. The van der Waals surface area contributed by atoms with Crippen molar-refractivity contribution < 1.29 is 33.3 Å². The molecule has 1 aliphatic heterocycles. The number of hydrogen-bond donors (Lipinski definition) is 2. The molecule has 0 radical (unpaired) electrons. The molecule has 2 aromatic rings. The summed E-state index contributed by atoms with van der Waals surface area (Å²) in [5.74, 6) is -1.28. The zero-order valence-electron chi connectivity index (χ0n) is 21.6. The van der Waals surface area contributed by atoms with Gasteiger partial charge in [-0.05, 0) is 86.8 Å². The Balaban J connectivity index is 1.73. The smallest absolute Gasteiger partial charge is 0.254 e. The minimum Gasteiger partial charge on any atom is -0.385 e. The highest BCUT2D eigenvalue weighted by Gasteiger charge is 2.47. The molecule has 1 amide bonds. The molecule has 8 heteroatoms.